The highest BCUT2D eigenvalue weighted by Gasteiger charge is 2.25. The molecule has 1 aromatic heterocycles. The van der Waals surface area contributed by atoms with Crippen molar-refractivity contribution in [3.05, 3.63) is 23.7 Å². The predicted octanol–water partition coefficient (Wildman–Crippen LogP) is 1.44. The fourth-order valence-corrected chi connectivity index (χ4v) is 3.77. The van der Waals surface area contributed by atoms with Crippen LogP contribution in [0.3, 0.4) is 0 Å². The summed E-state index contributed by atoms with van der Waals surface area (Å²) in [7, 11) is 0. The van der Waals surface area contributed by atoms with E-state index in [-0.39, 0.29) is 24.3 Å². The highest BCUT2D eigenvalue weighted by Crippen LogP contribution is 2.17. The van der Waals surface area contributed by atoms with E-state index in [1.54, 1.807) is 17.9 Å². The number of morpholine rings is 1. The van der Waals surface area contributed by atoms with Crippen LogP contribution < -0.4 is 5.32 Å². The van der Waals surface area contributed by atoms with Crippen LogP contribution in [0.1, 0.15) is 41.8 Å². The van der Waals surface area contributed by atoms with E-state index in [9.17, 15) is 9.59 Å². The van der Waals surface area contributed by atoms with E-state index < -0.39 is 0 Å². The summed E-state index contributed by atoms with van der Waals surface area (Å²) in [5.41, 5.74) is 0.550. The molecule has 2 amide bonds. The lowest BCUT2D eigenvalue weighted by atomic mass is 10.1. The quantitative estimate of drug-likeness (QED) is 0.591. The number of hydrogen-bond acceptors (Lipinski definition) is 6. The molecule has 162 valence electrons. The third kappa shape index (κ3) is 6.83. The Kier molecular flexibility index (Phi) is 8.52. The summed E-state index contributed by atoms with van der Waals surface area (Å²) < 4.78 is 16.3. The van der Waals surface area contributed by atoms with E-state index in [0.29, 0.717) is 31.0 Å². The van der Waals surface area contributed by atoms with Crippen molar-refractivity contribution in [1.29, 1.82) is 0 Å². The summed E-state index contributed by atoms with van der Waals surface area (Å²) in [5, 5.41) is 2.97. The van der Waals surface area contributed by atoms with Crippen LogP contribution in [0.15, 0.2) is 16.7 Å². The molecule has 0 aromatic carbocycles. The van der Waals surface area contributed by atoms with Crippen molar-refractivity contribution < 1.29 is 23.5 Å². The lowest BCUT2D eigenvalue weighted by molar-refractivity contribution is -0.121. The number of rotatable bonds is 10. The van der Waals surface area contributed by atoms with Gasteiger partial charge in [0.25, 0.3) is 5.91 Å². The van der Waals surface area contributed by atoms with E-state index in [1.165, 1.54) is 6.26 Å². The lowest BCUT2D eigenvalue weighted by Gasteiger charge is -2.26. The van der Waals surface area contributed by atoms with Gasteiger partial charge in [-0.2, -0.15) is 0 Å². The Bertz CT molecular complexity index is 650. The maximum Gasteiger partial charge on any atom is 0.257 e. The van der Waals surface area contributed by atoms with Crippen molar-refractivity contribution in [2.45, 2.75) is 38.7 Å². The molecule has 1 N–H and O–H groups in total. The van der Waals surface area contributed by atoms with Crippen molar-refractivity contribution in [1.82, 2.24) is 15.1 Å². The van der Waals surface area contributed by atoms with Crippen molar-refractivity contribution in [2.75, 3.05) is 59.1 Å². The van der Waals surface area contributed by atoms with E-state index in [4.69, 9.17) is 13.9 Å². The number of carbonyl (C=O) groups excluding carboxylic acids is 2. The third-order valence-electron chi connectivity index (χ3n) is 5.51. The van der Waals surface area contributed by atoms with Crippen molar-refractivity contribution in [3.63, 3.8) is 0 Å². The van der Waals surface area contributed by atoms with E-state index >= 15 is 0 Å². The van der Waals surface area contributed by atoms with Gasteiger partial charge in [0.05, 0.1) is 31.1 Å². The van der Waals surface area contributed by atoms with Crippen LogP contribution in [-0.2, 0) is 14.3 Å². The maximum absolute atomic E-state index is 12.9. The molecule has 3 rings (SSSR count). The van der Waals surface area contributed by atoms with E-state index in [2.05, 4.69) is 10.2 Å². The molecule has 0 saturated carbocycles. The molecule has 8 heteroatoms. The summed E-state index contributed by atoms with van der Waals surface area (Å²) >= 11 is 0. The summed E-state index contributed by atoms with van der Waals surface area (Å²) in [6.45, 7) is 8.51. The van der Waals surface area contributed by atoms with Gasteiger partial charge in [-0.15, -0.1) is 0 Å². The average Bonchev–Trinajstić information content (AvgIpc) is 3.40. The minimum absolute atomic E-state index is 0.0268. The van der Waals surface area contributed by atoms with Gasteiger partial charge in [-0.25, -0.2) is 0 Å². The van der Waals surface area contributed by atoms with Crippen molar-refractivity contribution in [3.8, 4) is 0 Å². The Balaban J connectivity index is 1.42. The number of carbonyl (C=O) groups is 2. The predicted molar refractivity (Wildman–Crippen MR) is 108 cm³/mol. The minimum Gasteiger partial charge on any atom is -0.469 e. The molecule has 0 unspecified atom stereocenters. The second-order valence-electron chi connectivity index (χ2n) is 7.68. The summed E-state index contributed by atoms with van der Waals surface area (Å²) in [4.78, 5) is 29.3. The average molecular weight is 408 g/mol. The number of amides is 2. The summed E-state index contributed by atoms with van der Waals surface area (Å²) in [5.74, 6) is 0.466. The van der Waals surface area contributed by atoms with E-state index in [0.717, 1.165) is 58.7 Å². The zero-order chi connectivity index (χ0) is 20.5. The van der Waals surface area contributed by atoms with Gasteiger partial charge in [0.15, 0.2) is 0 Å². The third-order valence-corrected chi connectivity index (χ3v) is 5.51. The molecule has 0 spiro atoms. The zero-order valence-electron chi connectivity index (χ0n) is 17.4. The molecule has 0 aliphatic carbocycles. The molecular weight excluding hydrogens is 374 g/mol. The van der Waals surface area contributed by atoms with Gasteiger partial charge in [-0.05, 0) is 38.8 Å². The number of nitrogens with zero attached hydrogens (tertiary/aromatic N) is 2. The van der Waals surface area contributed by atoms with Crippen LogP contribution in [0.2, 0.25) is 0 Å². The highest BCUT2D eigenvalue weighted by molar-refractivity contribution is 5.95. The number of hydrogen-bond donors (Lipinski definition) is 1. The van der Waals surface area contributed by atoms with Gasteiger partial charge in [0, 0.05) is 45.8 Å². The van der Waals surface area contributed by atoms with Crippen LogP contribution in [0.4, 0.5) is 0 Å². The molecule has 2 saturated heterocycles. The number of ether oxygens (including phenoxy) is 2. The van der Waals surface area contributed by atoms with Gasteiger partial charge in [0.1, 0.15) is 5.76 Å². The largest absolute Gasteiger partial charge is 0.469 e. The fraction of sp³-hybridized carbons (Fsp3) is 0.714. The van der Waals surface area contributed by atoms with Crippen LogP contribution in [-0.4, -0.2) is 86.8 Å². The normalized spacial score (nSPS) is 20.0. The van der Waals surface area contributed by atoms with Gasteiger partial charge in [-0.3, -0.25) is 14.5 Å². The molecule has 2 aliphatic heterocycles. The van der Waals surface area contributed by atoms with Crippen LogP contribution >= 0.6 is 0 Å². The van der Waals surface area contributed by atoms with Gasteiger partial charge >= 0.3 is 0 Å². The fourth-order valence-electron chi connectivity index (χ4n) is 3.77. The number of nitrogens with one attached hydrogen (secondary N) is 1. The van der Waals surface area contributed by atoms with Gasteiger partial charge < -0.3 is 24.1 Å². The minimum atomic E-state index is -0.105. The number of furan rings is 1. The van der Waals surface area contributed by atoms with Gasteiger partial charge in [-0.1, -0.05) is 0 Å². The first-order valence-corrected chi connectivity index (χ1v) is 10.7. The zero-order valence-corrected chi connectivity index (χ0v) is 17.4. The molecule has 2 fully saturated rings. The SMILES string of the molecule is Cc1occc1C(=O)N(CCC(=O)NCCCN1CCOCC1)C[C@@H]1CCCO1. The van der Waals surface area contributed by atoms with E-state index in [1.807, 2.05) is 0 Å². The standard InChI is InChI=1S/C21H33N3O5/c1-17-19(6-13-28-17)21(26)24(16-18-4-2-12-29-18)9-5-20(25)22-7-3-8-23-10-14-27-15-11-23/h6,13,18H,2-5,7-12,14-16H2,1H3,(H,22,25)/t18-/m0/s1. The Labute approximate surface area is 172 Å². The molecule has 1 atom stereocenters. The Morgan fingerprint density at radius 2 is 2.10 bits per heavy atom. The number of aryl methyl sites for hydroxylation is 1. The summed E-state index contributed by atoms with van der Waals surface area (Å²) in [6, 6.07) is 1.69. The summed E-state index contributed by atoms with van der Waals surface area (Å²) in [6.07, 6.45) is 4.73. The molecular formula is C21H33N3O5. The van der Waals surface area contributed by atoms with Crippen LogP contribution in [0.5, 0.6) is 0 Å². The second kappa shape index (κ2) is 11.3. The second-order valence-corrected chi connectivity index (χ2v) is 7.68. The smallest absolute Gasteiger partial charge is 0.257 e. The molecule has 0 radical (unpaired) electrons. The molecule has 0 bridgehead atoms. The van der Waals surface area contributed by atoms with Crippen molar-refractivity contribution in [2.24, 2.45) is 0 Å². The lowest BCUT2D eigenvalue weighted by Crippen LogP contribution is -2.40. The molecule has 8 nitrogen and oxygen atoms in total. The highest BCUT2D eigenvalue weighted by atomic mass is 16.5. The Morgan fingerprint density at radius 3 is 2.79 bits per heavy atom. The first-order chi connectivity index (χ1) is 14.1. The Hall–Kier alpha value is -1.90. The first kappa shape index (κ1) is 21.8. The van der Waals surface area contributed by atoms with Gasteiger partial charge in [0.2, 0.25) is 5.91 Å². The van der Waals surface area contributed by atoms with Crippen LogP contribution in [0, 0.1) is 6.92 Å². The maximum atomic E-state index is 12.9. The molecule has 2 aliphatic rings. The first-order valence-electron chi connectivity index (χ1n) is 10.7. The topological polar surface area (TPSA) is 84.3 Å². The molecule has 1 aromatic rings. The van der Waals surface area contributed by atoms with Crippen molar-refractivity contribution >= 4 is 11.8 Å². The Morgan fingerprint density at radius 1 is 1.28 bits per heavy atom. The monoisotopic (exact) mass is 407 g/mol. The molecule has 3 heterocycles. The van der Waals surface area contributed by atoms with Crippen LogP contribution in [0.25, 0.3) is 0 Å². The molecule has 29 heavy (non-hydrogen) atoms.